The summed E-state index contributed by atoms with van der Waals surface area (Å²) in [5, 5.41) is 2.13. The molecule has 4 amide bonds. The van der Waals surface area contributed by atoms with Crippen molar-refractivity contribution in [2.75, 3.05) is 11.5 Å². The average molecular weight is 491 g/mol. The Labute approximate surface area is 186 Å². The molecule has 2 aromatic carbocycles. The Morgan fingerprint density at radius 2 is 1.84 bits per heavy atom. The van der Waals surface area contributed by atoms with Gasteiger partial charge in [-0.2, -0.15) is 0 Å². The normalized spacial score (nSPS) is 15.5. The monoisotopic (exact) mass is 490 g/mol. The summed E-state index contributed by atoms with van der Waals surface area (Å²) >= 11 is 3.44. The van der Waals surface area contributed by atoms with Crippen LogP contribution in [-0.4, -0.2) is 30.6 Å². The standard InChI is InChI=1S/C22H20BrFN2O5/c1-4-30-18-11-13(10-17(23)19(18)31-12(2)3)9-16-20(27)25-22(29)26(21(16)28)15-7-5-14(24)6-8-15/h5-12H,4H2,1-3H3,(H,25,27,29)/b16-9+. The maximum atomic E-state index is 13.2. The van der Waals surface area contributed by atoms with Gasteiger partial charge in [0.1, 0.15) is 11.4 Å². The number of amides is 4. The molecule has 1 fully saturated rings. The number of carbonyl (C=O) groups excluding carboxylic acids is 3. The lowest BCUT2D eigenvalue weighted by molar-refractivity contribution is -0.122. The summed E-state index contributed by atoms with van der Waals surface area (Å²) in [5.74, 6) is -1.23. The molecule has 0 unspecified atom stereocenters. The van der Waals surface area contributed by atoms with Crippen molar-refractivity contribution in [2.24, 2.45) is 0 Å². The van der Waals surface area contributed by atoms with Crippen molar-refractivity contribution in [2.45, 2.75) is 26.9 Å². The number of nitrogens with zero attached hydrogens (tertiary/aromatic N) is 1. The summed E-state index contributed by atoms with van der Waals surface area (Å²) in [5.41, 5.74) is 0.369. The quantitative estimate of drug-likeness (QED) is 0.477. The number of urea groups is 1. The van der Waals surface area contributed by atoms with E-state index < -0.39 is 23.7 Å². The Morgan fingerprint density at radius 1 is 1.16 bits per heavy atom. The Bertz CT molecular complexity index is 1070. The predicted molar refractivity (Wildman–Crippen MR) is 116 cm³/mol. The van der Waals surface area contributed by atoms with Crippen LogP contribution in [0, 0.1) is 5.82 Å². The fraction of sp³-hybridized carbons (Fsp3) is 0.227. The molecule has 1 aliphatic rings. The number of hydrogen-bond donors (Lipinski definition) is 1. The highest BCUT2D eigenvalue weighted by molar-refractivity contribution is 9.10. The Hall–Kier alpha value is -3.20. The third-order valence-electron chi connectivity index (χ3n) is 4.18. The summed E-state index contributed by atoms with van der Waals surface area (Å²) in [7, 11) is 0. The van der Waals surface area contributed by atoms with Crippen molar-refractivity contribution in [1.82, 2.24) is 5.32 Å². The first kappa shape index (κ1) is 22.5. The van der Waals surface area contributed by atoms with Gasteiger partial charge in [0.2, 0.25) is 0 Å². The van der Waals surface area contributed by atoms with Crippen molar-refractivity contribution in [3.8, 4) is 11.5 Å². The molecule has 0 radical (unpaired) electrons. The van der Waals surface area contributed by atoms with Crippen LogP contribution in [0.1, 0.15) is 26.3 Å². The summed E-state index contributed by atoms with van der Waals surface area (Å²) in [6, 6.07) is 7.20. The zero-order valence-corrected chi connectivity index (χ0v) is 18.7. The molecule has 1 aliphatic heterocycles. The number of imide groups is 2. The van der Waals surface area contributed by atoms with Crippen LogP contribution in [0.15, 0.2) is 46.4 Å². The van der Waals surface area contributed by atoms with Gasteiger partial charge in [0.05, 0.1) is 22.9 Å². The molecule has 0 bridgehead atoms. The Balaban J connectivity index is 2.02. The smallest absolute Gasteiger partial charge is 0.335 e. The fourth-order valence-electron chi connectivity index (χ4n) is 2.93. The molecule has 0 saturated carbocycles. The number of rotatable bonds is 6. The van der Waals surface area contributed by atoms with Gasteiger partial charge in [0.25, 0.3) is 11.8 Å². The second-order valence-corrected chi connectivity index (χ2v) is 7.72. The third-order valence-corrected chi connectivity index (χ3v) is 4.77. The van der Waals surface area contributed by atoms with Gasteiger partial charge in [-0.3, -0.25) is 14.9 Å². The van der Waals surface area contributed by atoms with Gasteiger partial charge in [0, 0.05) is 0 Å². The molecule has 0 atom stereocenters. The van der Waals surface area contributed by atoms with E-state index in [-0.39, 0.29) is 17.4 Å². The lowest BCUT2D eigenvalue weighted by Gasteiger charge is -2.26. The number of hydrogen-bond acceptors (Lipinski definition) is 5. The van der Waals surface area contributed by atoms with E-state index in [4.69, 9.17) is 9.47 Å². The summed E-state index contributed by atoms with van der Waals surface area (Å²) in [6.45, 7) is 5.96. The number of anilines is 1. The van der Waals surface area contributed by atoms with Gasteiger partial charge in [-0.25, -0.2) is 14.1 Å². The molecule has 162 valence electrons. The molecule has 1 N–H and O–H groups in total. The van der Waals surface area contributed by atoms with Crippen LogP contribution in [0.3, 0.4) is 0 Å². The van der Waals surface area contributed by atoms with E-state index in [2.05, 4.69) is 21.2 Å². The average Bonchev–Trinajstić information content (AvgIpc) is 2.69. The van der Waals surface area contributed by atoms with Crippen LogP contribution in [0.25, 0.3) is 6.08 Å². The van der Waals surface area contributed by atoms with Gasteiger partial charge in [-0.05, 0) is 84.7 Å². The van der Waals surface area contributed by atoms with E-state index in [9.17, 15) is 18.8 Å². The molecule has 0 spiro atoms. The molecule has 0 aliphatic carbocycles. The number of nitrogens with one attached hydrogen (secondary N) is 1. The maximum absolute atomic E-state index is 13.2. The zero-order chi connectivity index (χ0) is 22.7. The van der Waals surface area contributed by atoms with E-state index in [0.717, 1.165) is 17.0 Å². The molecule has 2 aromatic rings. The SMILES string of the molecule is CCOc1cc(/C=C2\C(=O)NC(=O)N(c3ccc(F)cc3)C2=O)cc(Br)c1OC(C)C. The second kappa shape index (κ2) is 9.30. The molecule has 1 heterocycles. The van der Waals surface area contributed by atoms with Crippen molar-refractivity contribution < 1.29 is 28.2 Å². The van der Waals surface area contributed by atoms with E-state index >= 15 is 0 Å². The summed E-state index contributed by atoms with van der Waals surface area (Å²) < 4.78 is 25.2. The van der Waals surface area contributed by atoms with Crippen LogP contribution in [-0.2, 0) is 9.59 Å². The zero-order valence-electron chi connectivity index (χ0n) is 17.1. The minimum atomic E-state index is -0.907. The Kier molecular flexibility index (Phi) is 6.74. The molecule has 31 heavy (non-hydrogen) atoms. The first-order valence-corrected chi connectivity index (χ1v) is 10.3. The summed E-state index contributed by atoms with van der Waals surface area (Å²) in [6.07, 6.45) is 1.26. The van der Waals surface area contributed by atoms with E-state index in [1.165, 1.54) is 18.2 Å². The van der Waals surface area contributed by atoms with Crippen molar-refractivity contribution in [3.63, 3.8) is 0 Å². The van der Waals surface area contributed by atoms with Crippen LogP contribution in [0.4, 0.5) is 14.9 Å². The van der Waals surface area contributed by atoms with Crippen molar-refractivity contribution in [3.05, 3.63) is 57.8 Å². The molecule has 3 rings (SSSR count). The second-order valence-electron chi connectivity index (χ2n) is 6.86. The van der Waals surface area contributed by atoms with Gasteiger partial charge in [0.15, 0.2) is 11.5 Å². The highest BCUT2D eigenvalue weighted by Crippen LogP contribution is 2.38. The lowest BCUT2D eigenvalue weighted by atomic mass is 10.1. The number of ether oxygens (including phenoxy) is 2. The third kappa shape index (κ3) is 4.93. The molecular weight excluding hydrogens is 471 g/mol. The van der Waals surface area contributed by atoms with Crippen molar-refractivity contribution in [1.29, 1.82) is 0 Å². The minimum absolute atomic E-state index is 0.0966. The molecule has 7 nitrogen and oxygen atoms in total. The topological polar surface area (TPSA) is 84.9 Å². The molecule has 0 aromatic heterocycles. The van der Waals surface area contributed by atoms with Gasteiger partial charge in [-0.1, -0.05) is 0 Å². The fourth-order valence-corrected chi connectivity index (χ4v) is 3.49. The van der Waals surface area contributed by atoms with Crippen LogP contribution >= 0.6 is 15.9 Å². The maximum Gasteiger partial charge on any atom is 0.335 e. The van der Waals surface area contributed by atoms with Gasteiger partial charge >= 0.3 is 6.03 Å². The largest absolute Gasteiger partial charge is 0.490 e. The highest BCUT2D eigenvalue weighted by atomic mass is 79.9. The first-order chi connectivity index (χ1) is 14.7. The predicted octanol–water partition coefficient (Wildman–Crippen LogP) is 4.44. The molecule has 1 saturated heterocycles. The van der Waals surface area contributed by atoms with Crippen LogP contribution in [0.5, 0.6) is 11.5 Å². The van der Waals surface area contributed by atoms with Gasteiger partial charge in [-0.15, -0.1) is 0 Å². The number of carbonyl (C=O) groups is 3. The molecular formula is C22H20BrFN2O5. The number of halogens is 2. The Morgan fingerprint density at radius 3 is 2.45 bits per heavy atom. The lowest BCUT2D eigenvalue weighted by Crippen LogP contribution is -2.54. The number of barbiturate groups is 1. The number of benzene rings is 2. The van der Waals surface area contributed by atoms with E-state index in [1.54, 1.807) is 12.1 Å². The van der Waals surface area contributed by atoms with E-state index in [1.807, 2.05) is 20.8 Å². The highest BCUT2D eigenvalue weighted by Gasteiger charge is 2.36. The van der Waals surface area contributed by atoms with Crippen LogP contribution < -0.4 is 19.7 Å². The van der Waals surface area contributed by atoms with Crippen molar-refractivity contribution >= 4 is 45.5 Å². The van der Waals surface area contributed by atoms with E-state index in [0.29, 0.717) is 28.1 Å². The van der Waals surface area contributed by atoms with Crippen LogP contribution in [0.2, 0.25) is 0 Å². The first-order valence-electron chi connectivity index (χ1n) is 9.51. The summed E-state index contributed by atoms with van der Waals surface area (Å²) in [4.78, 5) is 38.4. The minimum Gasteiger partial charge on any atom is -0.490 e. The van der Waals surface area contributed by atoms with Gasteiger partial charge < -0.3 is 9.47 Å². The molecule has 9 heteroatoms.